The zero-order valence-corrected chi connectivity index (χ0v) is 39.9. The second-order valence-corrected chi connectivity index (χ2v) is 29.1. The predicted octanol–water partition coefficient (Wildman–Crippen LogP) is 7.54. The van der Waals surface area contributed by atoms with Crippen molar-refractivity contribution in [2.75, 3.05) is 10.6 Å². The fraction of sp³-hybridized carbons (Fsp3) is 0.300. The van der Waals surface area contributed by atoms with Gasteiger partial charge < -0.3 is 0 Å². The number of rotatable bonds is 8. The van der Waals surface area contributed by atoms with Gasteiger partial charge in [0.15, 0.2) is 0 Å². The summed E-state index contributed by atoms with van der Waals surface area (Å²) in [6.45, 7) is 6.10. The molecule has 2 aromatic rings. The summed E-state index contributed by atoms with van der Waals surface area (Å²) in [5.41, 5.74) is 12.9. The summed E-state index contributed by atoms with van der Waals surface area (Å²) >= 11 is -3.44. The molecule has 0 fully saturated rings. The zero-order chi connectivity index (χ0) is 36.3. The van der Waals surface area contributed by atoms with E-state index < -0.39 is 39.5 Å². The Morgan fingerprint density at radius 3 is 1.20 bits per heavy atom. The monoisotopic (exact) mass is 1070 g/mol. The number of allylic oxidation sites excluding steroid dienone is 10. The second-order valence-electron chi connectivity index (χ2n) is 13.5. The summed E-state index contributed by atoms with van der Waals surface area (Å²) in [7, 11) is 0. The molecule has 262 valence electrons. The molecule has 0 heterocycles. The Morgan fingerprint density at radius 2 is 0.922 bits per heavy atom. The van der Waals surface area contributed by atoms with E-state index >= 15 is 0 Å². The number of fused-ring (bicyclic) bond motifs is 2. The van der Waals surface area contributed by atoms with Crippen LogP contribution >= 0.6 is 0 Å². The Morgan fingerprint density at radius 1 is 0.569 bits per heavy atom. The van der Waals surface area contributed by atoms with Crippen LogP contribution in [-0.2, 0) is 45.0 Å². The van der Waals surface area contributed by atoms with Crippen LogP contribution < -0.4 is 21.3 Å². The molecule has 2 atom stereocenters. The maximum atomic E-state index is 11.9. The van der Waals surface area contributed by atoms with Gasteiger partial charge in [0.05, 0.1) is 0 Å². The van der Waals surface area contributed by atoms with Gasteiger partial charge in [-0.3, -0.25) is 0 Å². The Labute approximate surface area is 334 Å². The van der Waals surface area contributed by atoms with Crippen molar-refractivity contribution in [3.05, 3.63) is 117 Å². The smallest absolute Gasteiger partial charge is 0 e. The minimum Gasteiger partial charge on any atom is 0 e. The van der Waals surface area contributed by atoms with Gasteiger partial charge in [-0.05, 0) is 0 Å². The third-order valence-electron chi connectivity index (χ3n) is 9.04. The first-order valence-electron chi connectivity index (χ1n) is 17.0. The minimum absolute atomic E-state index is 0. The molecule has 0 spiro atoms. The van der Waals surface area contributed by atoms with Gasteiger partial charge in [0.1, 0.15) is 0 Å². The Bertz CT molecular complexity index is 1810. The molecule has 4 aliphatic carbocycles. The first kappa shape index (κ1) is 41.0. The van der Waals surface area contributed by atoms with Gasteiger partial charge in [0, 0.05) is 25.8 Å². The SMILES string of the molecule is CC(=O)NC1=C(C2=CC=CC2)[CH]([Sn]([CH3])[CH3])c2cccc(NC(C)=O)c21.CC(=O)NC1=C(C2=CC=CC2)[CH]([Sn]([CH3])[CH3])c2cccc(NC(C)=O)c21.[Hf]. The molecule has 6 rings (SSSR count). The molecular weight excluding hydrogens is 1020 g/mol. The number of benzene rings is 2. The van der Waals surface area contributed by atoms with Crippen LogP contribution in [-0.4, -0.2) is 63.1 Å². The van der Waals surface area contributed by atoms with Gasteiger partial charge in [-0.15, -0.1) is 0 Å². The van der Waals surface area contributed by atoms with Crippen molar-refractivity contribution in [3.8, 4) is 0 Å². The molecule has 0 saturated carbocycles. The second kappa shape index (κ2) is 17.8. The predicted molar refractivity (Wildman–Crippen MR) is 207 cm³/mol. The van der Waals surface area contributed by atoms with E-state index in [4.69, 9.17) is 0 Å². The van der Waals surface area contributed by atoms with Crippen LogP contribution in [0, 0.1) is 0 Å². The van der Waals surface area contributed by atoms with Crippen molar-refractivity contribution in [1.29, 1.82) is 0 Å². The summed E-state index contributed by atoms with van der Waals surface area (Å²) in [6, 6.07) is 12.1. The van der Waals surface area contributed by atoms with Gasteiger partial charge in [-0.1, -0.05) is 0 Å². The molecule has 51 heavy (non-hydrogen) atoms. The third kappa shape index (κ3) is 9.07. The average Bonchev–Trinajstić information content (AvgIpc) is 3.83. The number of nitrogens with one attached hydrogen (secondary N) is 4. The minimum atomic E-state index is -1.72. The fourth-order valence-corrected chi connectivity index (χ4v) is 17.5. The van der Waals surface area contributed by atoms with Gasteiger partial charge >= 0.3 is 312 Å². The number of anilines is 2. The number of carbonyl (C=O) groups excluding carboxylic acids is 4. The standard InChI is InChI=1S/2C18H17N2O2.4CH3.Hf.2Sn/c2*1-11(21)19-16-9-5-8-14-10-15(13-6-3-4-7-13)18(17(14)16)20-12(2)22;;;;;;;/h2*3-6,8-10H,7H2,1-2H3,(H,19,21)(H,20,22);4*1H3;;;. The topological polar surface area (TPSA) is 116 Å². The molecular formula is C40H46HfN4O4Sn2. The number of hydrogen-bond acceptors (Lipinski definition) is 4. The van der Waals surface area contributed by atoms with E-state index in [1.165, 1.54) is 61.1 Å². The van der Waals surface area contributed by atoms with E-state index in [1.54, 1.807) is 0 Å². The van der Waals surface area contributed by atoms with E-state index in [2.05, 4.69) is 89.6 Å². The summed E-state index contributed by atoms with van der Waals surface area (Å²) in [4.78, 5) is 56.8. The molecule has 0 saturated heterocycles. The molecule has 11 heteroatoms. The van der Waals surface area contributed by atoms with Crippen molar-refractivity contribution in [3.63, 3.8) is 0 Å². The molecule has 2 unspecified atom stereocenters. The molecule has 0 aromatic heterocycles. The molecule has 4 N–H and O–H groups in total. The van der Waals surface area contributed by atoms with Crippen LogP contribution in [0.3, 0.4) is 0 Å². The maximum Gasteiger partial charge on any atom is 0 e. The van der Waals surface area contributed by atoms with Crippen LogP contribution in [0.2, 0.25) is 19.8 Å². The summed E-state index contributed by atoms with van der Waals surface area (Å²) in [5, 5.41) is 12.0. The normalized spacial score (nSPS) is 18.1. The molecule has 2 aromatic carbocycles. The van der Waals surface area contributed by atoms with Crippen molar-refractivity contribution >= 4 is 85.9 Å². The van der Waals surface area contributed by atoms with Crippen LogP contribution in [0.25, 0.3) is 11.4 Å². The molecule has 0 bridgehead atoms. The van der Waals surface area contributed by atoms with Crippen molar-refractivity contribution < 1.29 is 45.0 Å². The zero-order valence-electron chi connectivity index (χ0n) is 30.6. The van der Waals surface area contributed by atoms with E-state index in [0.29, 0.717) is 7.87 Å². The summed E-state index contributed by atoms with van der Waals surface area (Å²) in [6.07, 6.45) is 14.6. The van der Waals surface area contributed by atoms with Crippen molar-refractivity contribution in [2.45, 2.75) is 68.2 Å². The van der Waals surface area contributed by atoms with E-state index in [0.717, 1.165) is 46.7 Å². The molecule has 8 nitrogen and oxygen atoms in total. The van der Waals surface area contributed by atoms with E-state index in [9.17, 15) is 19.2 Å². The van der Waals surface area contributed by atoms with Gasteiger partial charge in [-0.2, -0.15) is 0 Å². The van der Waals surface area contributed by atoms with Crippen LogP contribution in [0.5, 0.6) is 0 Å². The Kier molecular flexibility index (Phi) is 14.3. The molecule has 4 amide bonds. The summed E-state index contributed by atoms with van der Waals surface area (Å²) in [5.74, 6) is -0.371. The number of hydrogen-bond donors (Lipinski definition) is 4. The molecule has 0 aliphatic heterocycles. The van der Waals surface area contributed by atoms with Crippen LogP contribution in [0.15, 0.2) is 95.1 Å². The van der Waals surface area contributed by atoms with Gasteiger partial charge in [0.2, 0.25) is 0 Å². The molecule has 4 aliphatic rings. The first-order valence-corrected chi connectivity index (χ1v) is 31.7. The van der Waals surface area contributed by atoms with Crippen molar-refractivity contribution in [1.82, 2.24) is 10.6 Å². The largest absolute Gasteiger partial charge is 0 e. The fourth-order valence-electron chi connectivity index (χ4n) is 7.43. The van der Waals surface area contributed by atoms with Crippen LogP contribution in [0.4, 0.5) is 11.4 Å². The number of carbonyl (C=O) groups is 4. The Balaban J connectivity index is 0.000000224. The van der Waals surface area contributed by atoms with Gasteiger partial charge in [0.25, 0.3) is 0 Å². The van der Waals surface area contributed by atoms with Gasteiger partial charge in [-0.25, -0.2) is 0 Å². The Hall–Kier alpha value is -2.77. The number of amides is 4. The average molecular weight is 1060 g/mol. The maximum absolute atomic E-state index is 11.9. The summed E-state index contributed by atoms with van der Waals surface area (Å²) < 4.78 is 0.776. The van der Waals surface area contributed by atoms with E-state index in [-0.39, 0.29) is 49.5 Å². The third-order valence-corrected chi connectivity index (χ3v) is 19.1. The van der Waals surface area contributed by atoms with Crippen molar-refractivity contribution in [2.24, 2.45) is 0 Å². The quantitative estimate of drug-likeness (QED) is 0.205. The van der Waals surface area contributed by atoms with E-state index in [1.807, 2.05) is 24.3 Å². The first-order chi connectivity index (χ1) is 23.8. The van der Waals surface area contributed by atoms with Crippen LogP contribution in [0.1, 0.15) is 70.7 Å². The molecule has 2 radical (unpaired) electrons.